The first kappa shape index (κ1) is 20.5. The van der Waals surface area contributed by atoms with Crippen molar-refractivity contribution < 1.29 is 14.3 Å². The molecule has 0 aliphatic carbocycles. The maximum absolute atomic E-state index is 13.2. The van der Waals surface area contributed by atoms with E-state index in [1.54, 1.807) is 32.4 Å². The molecule has 3 rings (SSSR count). The molecule has 152 valence electrons. The lowest BCUT2D eigenvalue weighted by atomic mass is 10.0. The quantitative estimate of drug-likeness (QED) is 0.538. The second-order valence-corrected chi connectivity index (χ2v) is 7.33. The molecule has 0 atom stereocenters. The minimum Gasteiger partial charge on any atom is -0.493 e. The van der Waals surface area contributed by atoms with E-state index in [-0.39, 0.29) is 5.91 Å². The molecule has 0 saturated carbocycles. The van der Waals surface area contributed by atoms with Gasteiger partial charge in [0.25, 0.3) is 5.91 Å². The van der Waals surface area contributed by atoms with Crippen molar-refractivity contribution in [2.75, 3.05) is 19.5 Å². The van der Waals surface area contributed by atoms with Crippen molar-refractivity contribution in [1.29, 1.82) is 0 Å². The van der Waals surface area contributed by atoms with Crippen LogP contribution in [0.25, 0.3) is 10.9 Å². The van der Waals surface area contributed by atoms with Crippen molar-refractivity contribution in [2.24, 2.45) is 0 Å². The van der Waals surface area contributed by atoms with E-state index in [1.165, 1.54) is 5.56 Å². The molecule has 3 aromatic rings. The second kappa shape index (κ2) is 8.43. The Bertz CT molecular complexity index is 1060. The number of rotatable bonds is 7. The van der Waals surface area contributed by atoms with Gasteiger partial charge in [0, 0.05) is 29.2 Å². The Labute approximate surface area is 171 Å². The molecule has 0 bridgehead atoms. The van der Waals surface area contributed by atoms with Crippen LogP contribution < -0.4 is 14.8 Å². The molecule has 1 amide bonds. The van der Waals surface area contributed by atoms with Crippen molar-refractivity contribution in [3.63, 3.8) is 0 Å². The maximum Gasteiger partial charge on any atom is 0.272 e. The normalized spacial score (nSPS) is 11.0. The van der Waals surface area contributed by atoms with Crippen LogP contribution in [0.2, 0.25) is 0 Å². The predicted molar refractivity (Wildman–Crippen MR) is 118 cm³/mol. The number of benzene rings is 2. The Hall–Kier alpha value is -3.21. The number of allylic oxidation sites excluding steroid dienone is 1. The molecule has 0 spiro atoms. The molecule has 1 heterocycles. The summed E-state index contributed by atoms with van der Waals surface area (Å²) in [6.07, 6.45) is 1.81. The third-order valence-corrected chi connectivity index (χ3v) is 5.18. The minimum absolute atomic E-state index is 0.168. The average Bonchev–Trinajstić information content (AvgIpc) is 2.99. The third-order valence-electron chi connectivity index (χ3n) is 5.18. The van der Waals surface area contributed by atoms with E-state index in [4.69, 9.17) is 9.47 Å². The minimum atomic E-state index is -0.168. The van der Waals surface area contributed by atoms with Gasteiger partial charge in [-0.05, 0) is 48.2 Å². The Morgan fingerprint density at radius 2 is 1.86 bits per heavy atom. The number of methoxy groups -OCH3 is 2. The summed E-state index contributed by atoms with van der Waals surface area (Å²) in [5.41, 5.74) is 4.52. The first-order valence-corrected chi connectivity index (χ1v) is 9.68. The molecule has 0 aliphatic rings. The number of carbonyl (C=O) groups excluding carboxylic acids is 1. The molecule has 0 saturated heterocycles. The van der Waals surface area contributed by atoms with Gasteiger partial charge in [-0.1, -0.05) is 26.0 Å². The zero-order valence-electron chi connectivity index (χ0n) is 17.7. The number of amides is 1. The first-order valence-electron chi connectivity index (χ1n) is 9.68. The van der Waals surface area contributed by atoms with E-state index in [0.717, 1.165) is 16.5 Å². The highest BCUT2D eigenvalue weighted by molar-refractivity contribution is 6.08. The van der Waals surface area contributed by atoms with E-state index in [2.05, 4.69) is 43.9 Å². The van der Waals surface area contributed by atoms with Gasteiger partial charge in [0.1, 0.15) is 5.69 Å². The molecule has 5 heteroatoms. The van der Waals surface area contributed by atoms with Gasteiger partial charge < -0.3 is 19.4 Å². The van der Waals surface area contributed by atoms with Crippen molar-refractivity contribution in [2.45, 2.75) is 33.2 Å². The Balaban J connectivity index is 2.05. The number of fused-ring (bicyclic) bond motifs is 1. The Morgan fingerprint density at radius 3 is 2.48 bits per heavy atom. The van der Waals surface area contributed by atoms with Gasteiger partial charge in [0.2, 0.25) is 0 Å². The van der Waals surface area contributed by atoms with Crippen LogP contribution in [0.4, 0.5) is 5.69 Å². The number of nitrogens with one attached hydrogen (secondary N) is 1. The van der Waals surface area contributed by atoms with Crippen molar-refractivity contribution in [3.8, 4) is 11.5 Å². The fraction of sp³-hybridized carbons (Fsp3) is 0.292. The number of ether oxygens (including phenoxy) is 2. The summed E-state index contributed by atoms with van der Waals surface area (Å²) in [5, 5.41) is 4.09. The van der Waals surface area contributed by atoms with Crippen LogP contribution in [0.1, 0.15) is 41.4 Å². The Morgan fingerprint density at radius 1 is 1.14 bits per heavy atom. The molecule has 1 N–H and O–H groups in total. The van der Waals surface area contributed by atoms with Crippen molar-refractivity contribution >= 4 is 22.5 Å². The first-order chi connectivity index (χ1) is 13.9. The fourth-order valence-electron chi connectivity index (χ4n) is 3.61. The van der Waals surface area contributed by atoms with Gasteiger partial charge in [-0.3, -0.25) is 4.79 Å². The summed E-state index contributed by atoms with van der Waals surface area (Å²) < 4.78 is 12.6. The standard InChI is InChI=1S/C24H28N2O3/c1-7-12-26-20-10-8-17(15(2)3)13-19(20)16(4)23(26)24(27)25-18-9-11-21(28-5)22(14-18)29-6/h7-11,13-15H,1,12H2,2-6H3,(H,25,27). The summed E-state index contributed by atoms with van der Waals surface area (Å²) in [5.74, 6) is 1.43. The van der Waals surface area contributed by atoms with E-state index in [1.807, 2.05) is 17.6 Å². The van der Waals surface area contributed by atoms with Gasteiger partial charge in [-0.15, -0.1) is 6.58 Å². The molecular formula is C24H28N2O3. The van der Waals surface area contributed by atoms with E-state index >= 15 is 0 Å². The molecular weight excluding hydrogens is 364 g/mol. The summed E-state index contributed by atoms with van der Waals surface area (Å²) in [6.45, 7) is 10.7. The summed E-state index contributed by atoms with van der Waals surface area (Å²) in [7, 11) is 3.15. The van der Waals surface area contributed by atoms with E-state index in [9.17, 15) is 4.79 Å². The lowest BCUT2D eigenvalue weighted by Gasteiger charge is -2.12. The number of anilines is 1. The molecule has 2 aromatic carbocycles. The predicted octanol–water partition coefficient (Wildman–Crippen LogP) is 5.53. The number of aryl methyl sites for hydroxylation is 1. The summed E-state index contributed by atoms with van der Waals surface area (Å²) in [4.78, 5) is 13.2. The van der Waals surface area contributed by atoms with Crippen LogP contribution in [0.15, 0.2) is 49.1 Å². The molecule has 1 aromatic heterocycles. The number of aromatic nitrogens is 1. The molecule has 0 unspecified atom stereocenters. The lowest BCUT2D eigenvalue weighted by Crippen LogP contribution is -2.18. The lowest BCUT2D eigenvalue weighted by molar-refractivity contribution is 0.101. The molecule has 29 heavy (non-hydrogen) atoms. The van der Waals surface area contributed by atoms with Gasteiger partial charge >= 0.3 is 0 Å². The molecule has 0 fully saturated rings. The monoisotopic (exact) mass is 392 g/mol. The van der Waals surface area contributed by atoms with Gasteiger partial charge in [0.15, 0.2) is 11.5 Å². The van der Waals surface area contributed by atoms with Gasteiger partial charge in [-0.25, -0.2) is 0 Å². The van der Waals surface area contributed by atoms with Gasteiger partial charge in [-0.2, -0.15) is 0 Å². The van der Waals surface area contributed by atoms with Crippen molar-refractivity contribution in [1.82, 2.24) is 4.57 Å². The Kier molecular flexibility index (Phi) is 5.97. The fourth-order valence-corrected chi connectivity index (χ4v) is 3.61. The number of hydrogen-bond donors (Lipinski definition) is 1. The number of hydrogen-bond acceptors (Lipinski definition) is 3. The highest BCUT2D eigenvalue weighted by Gasteiger charge is 2.21. The van der Waals surface area contributed by atoms with E-state index in [0.29, 0.717) is 35.3 Å². The SMILES string of the molecule is C=CCn1c(C(=O)Nc2ccc(OC)c(OC)c2)c(C)c2cc(C(C)C)ccc21. The zero-order chi connectivity index (χ0) is 21.1. The topological polar surface area (TPSA) is 52.5 Å². The summed E-state index contributed by atoms with van der Waals surface area (Å²) >= 11 is 0. The van der Waals surface area contributed by atoms with Crippen LogP contribution in [0, 0.1) is 6.92 Å². The number of carbonyl (C=O) groups is 1. The average molecular weight is 392 g/mol. The third kappa shape index (κ3) is 3.86. The van der Waals surface area contributed by atoms with Crippen LogP contribution >= 0.6 is 0 Å². The highest BCUT2D eigenvalue weighted by Crippen LogP contribution is 2.32. The van der Waals surface area contributed by atoms with Gasteiger partial charge in [0.05, 0.1) is 14.2 Å². The van der Waals surface area contributed by atoms with Crippen molar-refractivity contribution in [3.05, 3.63) is 65.9 Å². The van der Waals surface area contributed by atoms with E-state index < -0.39 is 0 Å². The largest absolute Gasteiger partial charge is 0.493 e. The molecule has 0 aliphatic heterocycles. The van der Waals surface area contributed by atoms with Crippen LogP contribution in [-0.4, -0.2) is 24.7 Å². The number of nitrogens with zero attached hydrogens (tertiary/aromatic N) is 1. The highest BCUT2D eigenvalue weighted by atomic mass is 16.5. The maximum atomic E-state index is 13.2. The smallest absolute Gasteiger partial charge is 0.272 e. The molecule has 0 radical (unpaired) electrons. The molecule has 5 nitrogen and oxygen atoms in total. The zero-order valence-corrected chi connectivity index (χ0v) is 17.7. The van der Waals surface area contributed by atoms with Crippen LogP contribution in [0.5, 0.6) is 11.5 Å². The second-order valence-electron chi connectivity index (χ2n) is 7.33. The van der Waals surface area contributed by atoms with Crippen LogP contribution in [0.3, 0.4) is 0 Å². The van der Waals surface area contributed by atoms with Crippen LogP contribution in [-0.2, 0) is 6.54 Å². The summed E-state index contributed by atoms with van der Waals surface area (Å²) in [6, 6.07) is 11.7.